The van der Waals surface area contributed by atoms with Gasteiger partial charge in [0.2, 0.25) is 5.78 Å². The Morgan fingerprint density at radius 2 is 1.97 bits per heavy atom. The van der Waals surface area contributed by atoms with Crippen molar-refractivity contribution in [3.05, 3.63) is 61.9 Å². The van der Waals surface area contributed by atoms with E-state index >= 15 is 0 Å². The third-order valence-electron chi connectivity index (χ3n) is 4.11. The van der Waals surface area contributed by atoms with Crippen LogP contribution in [-0.2, 0) is 30.0 Å². The van der Waals surface area contributed by atoms with Crippen molar-refractivity contribution in [1.29, 1.82) is 0 Å². The van der Waals surface area contributed by atoms with Gasteiger partial charge in [-0.2, -0.15) is 0 Å². The molecule has 3 heterocycles. The lowest BCUT2D eigenvalue weighted by Crippen LogP contribution is -2.42. The molecule has 0 bridgehead atoms. The molecule has 29 heavy (non-hydrogen) atoms. The first-order valence-corrected chi connectivity index (χ1v) is 9.27. The number of ketones is 1. The molecule has 0 aliphatic rings. The number of anilines is 1. The van der Waals surface area contributed by atoms with Gasteiger partial charge in [0, 0.05) is 25.7 Å². The van der Waals surface area contributed by atoms with Crippen molar-refractivity contribution in [1.82, 2.24) is 19.1 Å². The quantitative estimate of drug-likeness (QED) is 0.443. The number of hydrogen-bond acceptors (Lipinski definition) is 9. The van der Waals surface area contributed by atoms with Gasteiger partial charge in [-0.25, -0.2) is 9.78 Å². The fraction of sp³-hybridized carbons (Fsp3) is 0.222. The van der Waals surface area contributed by atoms with Crippen LogP contribution in [0.15, 0.2) is 39.4 Å². The van der Waals surface area contributed by atoms with Crippen LogP contribution >= 0.6 is 11.3 Å². The molecule has 0 amide bonds. The monoisotopic (exact) mass is 415 g/mol. The number of rotatable bonds is 6. The van der Waals surface area contributed by atoms with Crippen LogP contribution in [0.5, 0.6) is 0 Å². The van der Waals surface area contributed by atoms with E-state index in [-0.39, 0.29) is 12.2 Å². The van der Waals surface area contributed by atoms with E-state index in [2.05, 4.69) is 9.97 Å². The van der Waals surface area contributed by atoms with E-state index in [9.17, 15) is 19.2 Å². The first-order valence-electron chi connectivity index (χ1n) is 8.39. The van der Waals surface area contributed by atoms with Gasteiger partial charge in [0.15, 0.2) is 6.61 Å². The molecule has 0 saturated carbocycles. The van der Waals surface area contributed by atoms with Gasteiger partial charge in [-0.05, 0) is 12.1 Å². The number of hydrogen-bond donors (Lipinski definition) is 1. The number of esters is 1. The summed E-state index contributed by atoms with van der Waals surface area (Å²) in [5.41, 5.74) is 4.99. The lowest BCUT2D eigenvalue weighted by Gasteiger charge is -2.10. The van der Waals surface area contributed by atoms with E-state index in [1.54, 1.807) is 23.7 Å². The maximum Gasteiger partial charge on any atom is 0.332 e. The standard InChI is InChI=1S/C18H17N5O5S/c1-22-15(19)14(17(26)23(2)18(22)27)12(24)8-28-13(25)7-10-9-29-16(21-10)11-5-3-4-6-20-11/h3-6,9H,7-8,19H2,1-2H3. The Bertz CT molecular complexity index is 1200. The van der Waals surface area contributed by atoms with Crippen molar-refractivity contribution in [2.45, 2.75) is 6.42 Å². The normalized spacial score (nSPS) is 10.7. The molecule has 3 aromatic heterocycles. The minimum absolute atomic E-state index is 0.141. The molecule has 150 valence electrons. The van der Waals surface area contributed by atoms with E-state index in [0.717, 1.165) is 9.13 Å². The van der Waals surface area contributed by atoms with E-state index < -0.39 is 35.2 Å². The molecule has 0 unspecified atom stereocenters. The zero-order valence-corrected chi connectivity index (χ0v) is 16.4. The van der Waals surface area contributed by atoms with Crippen LogP contribution < -0.4 is 17.0 Å². The van der Waals surface area contributed by atoms with Gasteiger partial charge < -0.3 is 10.5 Å². The van der Waals surface area contributed by atoms with Crippen LogP contribution in [0.25, 0.3) is 10.7 Å². The summed E-state index contributed by atoms with van der Waals surface area (Å²) in [5.74, 6) is -1.76. The van der Waals surface area contributed by atoms with Gasteiger partial charge in [0.1, 0.15) is 16.4 Å². The lowest BCUT2D eigenvalue weighted by atomic mass is 10.2. The number of nitrogens with zero attached hydrogens (tertiary/aromatic N) is 4. The van der Waals surface area contributed by atoms with Crippen LogP contribution in [-0.4, -0.2) is 37.5 Å². The number of Topliss-reactive ketones (excluding diaryl/α,β-unsaturated/α-hetero) is 1. The van der Waals surface area contributed by atoms with Crippen LogP contribution in [0.2, 0.25) is 0 Å². The van der Waals surface area contributed by atoms with Crippen LogP contribution in [0.4, 0.5) is 5.82 Å². The molecule has 0 radical (unpaired) electrons. The summed E-state index contributed by atoms with van der Waals surface area (Å²) in [4.78, 5) is 56.9. The molecular formula is C18H17N5O5S. The Kier molecular flexibility index (Phi) is 5.69. The first kappa shape index (κ1) is 20.1. The molecule has 11 heteroatoms. The SMILES string of the molecule is Cn1c(N)c(C(=O)COC(=O)Cc2csc(-c3ccccn3)n2)c(=O)n(C)c1=O. The lowest BCUT2D eigenvalue weighted by molar-refractivity contribution is -0.141. The maximum atomic E-state index is 12.3. The smallest absolute Gasteiger partial charge is 0.332 e. The highest BCUT2D eigenvalue weighted by Crippen LogP contribution is 2.21. The number of nitrogens with two attached hydrogens (primary N) is 1. The van der Waals surface area contributed by atoms with Gasteiger partial charge in [0.25, 0.3) is 5.56 Å². The Morgan fingerprint density at radius 1 is 1.21 bits per heavy atom. The Morgan fingerprint density at radius 3 is 2.66 bits per heavy atom. The zero-order valence-electron chi connectivity index (χ0n) is 15.6. The van der Waals surface area contributed by atoms with E-state index in [4.69, 9.17) is 10.5 Å². The van der Waals surface area contributed by atoms with Crippen molar-refractivity contribution < 1.29 is 14.3 Å². The molecule has 0 aliphatic heterocycles. The van der Waals surface area contributed by atoms with Gasteiger partial charge in [-0.3, -0.25) is 28.5 Å². The largest absolute Gasteiger partial charge is 0.457 e. The molecule has 3 aromatic rings. The summed E-state index contributed by atoms with van der Waals surface area (Å²) >= 11 is 1.33. The van der Waals surface area contributed by atoms with Crippen molar-refractivity contribution in [3.63, 3.8) is 0 Å². The second-order valence-electron chi connectivity index (χ2n) is 6.09. The summed E-state index contributed by atoms with van der Waals surface area (Å²) < 4.78 is 6.71. The minimum Gasteiger partial charge on any atom is -0.457 e. The summed E-state index contributed by atoms with van der Waals surface area (Å²) in [6, 6.07) is 5.42. The molecule has 0 aromatic carbocycles. The van der Waals surface area contributed by atoms with E-state index in [1.807, 2.05) is 6.07 Å². The second kappa shape index (κ2) is 8.19. The molecule has 3 rings (SSSR count). The summed E-state index contributed by atoms with van der Waals surface area (Å²) in [5, 5.41) is 2.36. The molecule has 0 fully saturated rings. The number of aromatic nitrogens is 4. The zero-order chi connectivity index (χ0) is 21.1. The van der Waals surface area contributed by atoms with Gasteiger partial charge in [-0.1, -0.05) is 6.07 Å². The van der Waals surface area contributed by atoms with Crippen LogP contribution in [0.3, 0.4) is 0 Å². The van der Waals surface area contributed by atoms with Gasteiger partial charge in [0.05, 0.1) is 17.8 Å². The minimum atomic E-state index is -0.842. The van der Waals surface area contributed by atoms with Gasteiger partial charge >= 0.3 is 11.7 Å². The highest BCUT2D eigenvalue weighted by molar-refractivity contribution is 7.13. The Labute approximate surface area is 168 Å². The summed E-state index contributed by atoms with van der Waals surface area (Å²) in [7, 11) is 2.57. The number of carbonyl (C=O) groups is 2. The Balaban J connectivity index is 1.66. The third kappa shape index (κ3) is 4.14. The Hall–Kier alpha value is -3.60. The molecule has 0 spiro atoms. The van der Waals surface area contributed by atoms with E-state index in [1.165, 1.54) is 25.4 Å². The van der Waals surface area contributed by atoms with Crippen LogP contribution in [0, 0.1) is 0 Å². The van der Waals surface area contributed by atoms with Crippen LogP contribution in [0.1, 0.15) is 16.1 Å². The van der Waals surface area contributed by atoms with Crippen molar-refractivity contribution >= 4 is 28.9 Å². The summed E-state index contributed by atoms with van der Waals surface area (Å²) in [6.07, 6.45) is 1.50. The predicted octanol–water partition coefficient (Wildman–Crippen LogP) is 0.153. The first-order chi connectivity index (χ1) is 13.8. The van der Waals surface area contributed by atoms with Crippen molar-refractivity contribution in [2.24, 2.45) is 14.1 Å². The second-order valence-corrected chi connectivity index (χ2v) is 6.94. The average Bonchev–Trinajstić information content (AvgIpc) is 3.18. The molecule has 0 aliphatic carbocycles. The number of thiazole rings is 1. The number of nitrogen functional groups attached to an aromatic ring is 1. The fourth-order valence-corrected chi connectivity index (χ4v) is 3.33. The van der Waals surface area contributed by atoms with Gasteiger partial charge in [-0.15, -0.1) is 11.3 Å². The van der Waals surface area contributed by atoms with Crippen molar-refractivity contribution in [2.75, 3.05) is 12.3 Å². The third-order valence-corrected chi connectivity index (χ3v) is 5.03. The molecule has 0 saturated heterocycles. The predicted molar refractivity (Wildman–Crippen MR) is 106 cm³/mol. The molecule has 10 nitrogen and oxygen atoms in total. The highest BCUT2D eigenvalue weighted by atomic mass is 32.1. The van der Waals surface area contributed by atoms with E-state index in [0.29, 0.717) is 16.4 Å². The fourth-order valence-electron chi connectivity index (χ4n) is 2.53. The molecule has 0 atom stereocenters. The topological polar surface area (TPSA) is 139 Å². The molecule has 2 N–H and O–H groups in total. The highest BCUT2D eigenvalue weighted by Gasteiger charge is 2.21. The average molecular weight is 415 g/mol. The van der Waals surface area contributed by atoms with Crippen molar-refractivity contribution in [3.8, 4) is 10.7 Å². The summed E-state index contributed by atoms with van der Waals surface area (Å²) in [6.45, 7) is -0.673. The number of carbonyl (C=O) groups excluding carboxylic acids is 2. The number of pyridine rings is 1. The maximum absolute atomic E-state index is 12.3. The number of ether oxygens (including phenoxy) is 1. The molecular weight excluding hydrogens is 398 g/mol.